The third-order valence-corrected chi connectivity index (χ3v) is 4.07. The fourth-order valence-corrected chi connectivity index (χ4v) is 3.87. The molecular weight excluding hydrogens is 242 g/mol. The van der Waals surface area contributed by atoms with Crippen LogP contribution in [0.4, 0.5) is 0 Å². The van der Waals surface area contributed by atoms with Gasteiger partial charge in [-0.15, -0.1) is 19.6 Å². The molecule has 97 valence electrons. The highest BCUT2D eigenvalue weighted by molar-refractivity contribution is 6.69. The molecule has 0 aliphatic heterocycles. The van der Waals surface area contributed by atoms with E-state index < -0.39 is 13.9 Å². The quantitative estimate of drug-likeness (QED) is 0.786. The summed E-state index contributed by atoms with van der Waals surface area (Å²) in [5.74, 6) is 0.843. The van der Waals surface area contributed by atoms with E-state index in [4.69, 9.17) is 9.16 Å². The number of nitrogens with zero attached hydrogens (tertiary/aromatic N) is 1. The van der Waals surface area contributed by atoms with Gasteiger partial charge < -0.3 is 9.16 Å². The van der Waals surface area contributed by atoms with Crippen molar-refractivity contribution in [3.05, 3.63) is 29.3 Å². The lowest BCUT2D eigenvalue weighted by molar-refractivity contribution is 0.132. The smallest absolute Gasteiger partial charge is 0.125 e. The summed E-state index contributed by atoms with van der Waals surface area (Å²) in [6, 6.07) is 8.39. The van der Waals surface area contributed by atoms with Crippen molar-refractivity contribution in [1.82, 2.24) is 0 Å². The summed E-state index contributed by atoms with van der Waals surface area (Å²) in [4.78, 5) is 0. The molecule has 1 unspecified atom stereocenters. The Morgan fingerprint density at radius 1 is 1.22 bits per heavy atom. The van der Waals surface area contributed by atoms with Crippen LogP contribution in [0.1, 0.15) is 11.1 Å². The van der Waals surface area contributed by atoms with Gasteiger partial charge in [0, 0.05) is 12.8 Å². The van der Waals surface area contributed by atoms with E-state index in [1.807, 2.05) is 18.2 Å². The second kappa shape index (κ2) is 4.41. The molecule has 0 N–H and O–H groups in total. The number of methoxy groups -OCH3 is 1. The molecule has 18 heavy (non-hydrogen) atoms. The number of fused-ring (bicyclic) bond motifs is 1. The van der Waals surface area contributed by atoms with Gasteiger partial charge in [0.05, 0.1) is 13.2 Å². The van der Waals surface area contributed by atoms with Crippen LogP contribution in [0, 0.1) is 11.3 Å². The number of benzene rings is 1. The number of nitriles is 1. The van der Waals surface area contributed by atoms with Crippen molar-refractivity contribution in [2.24, 2.45) is 0 Å². The van der Waals surface area contributed by atoms with Crippen LogP contribution in [0.2, 0.25) is 19.6 Å². The molecule has 2 rings (SSSR count). The van der Waals surface area contributed by atoms with Gasteiger partial charge in [-0.3, -0.25) is 0 Å². The first-order valence-electron chi connectivity index (χ1n) is 6.15. The maximum Gasteiger partial charge on any atom is 0.125 e. The van der Waals surface area contributed by atoms with Crippen LogP contribution >= 0.6 is 0 Å². The molecule has 0 saturated carbocycles. The van der Waals surface area contributed by atoms with Crippen molar-refractivity contribution in [2.75, 3.05) is 7.11 Å². The highest BCUT2D eigenvalue weighted by Crippen LogP contribution is 2.36. The van der Waals surface area contributed by atoms with Crippen molar-refractivity contribution in [2.45, 2.75) is 38.1 Å². The third kappa shape index (κ3) is 2.58. The van der Waals surface area contributed by atoms with Gasteiger partial charge in [-0.2, -0.15) is 5.26 Å². The lowest BCUT2D eigenvalue weighted by atomic mass is 10.0. The minimum atomic E-state index is -1.73. The molecule has 0 heterocycles. The lowest BCUT2D eigenvalue weighted by Crippen LogP contribution is -2.42. The Balaban J connectivity index is 2.29. The van der Waals surface area contributed by atoms with Gasteiger partial charge >= 0.3 is 0 Å². The first-order chi connectivity index (χ1) is 8.37. The second-order valence-electron chi connectivity index (χ2n) is 5.81. The summed E-state index contributed by atoms with van der Waals surface area (Å²) in [5.41, 5.74) is 1.71. The zero-order valence-corrected chi connectivity index (χ0v) is 12.4. The fourth-order valence-electron chi connectivity index (χ4n) is 2.50. The molecule has 0 radical (unpaired) electrons. The molecule has 1 aliphatic carbocycles. The van der Waals surface area contributed by atoms with Crippen LogP contribution in [0.5, 0.6) is 5.75 Å². The molecule has 0 aromatic heterocycles. The molecule has 4 heteroatoms. The van der Waals surface area contributed by atoms with Gasteiger partial charge in [0.1, 0.15) is 11.4 Å². The number of hydrogen-bond acceptors (Lipinski definition) is 3. The first-order valence-corrected chi connectivity index (χ1v) is 9.55. The molecule has 0 fully saturated rings. The molecule has 0 saturated heterocycles. The summed E-state index contributed by atoms with van der Waals surface area (Å²) >= 11 is 0. The highest BCUT2D eigenvalue weighted by Gasteiger charge is 2.38. The normalized spacial score (nSPS) is 22.4. The second-order valence-corrected chi connectivity index (χ2v) is 10.2. The molecule has 1 aliphatic rings. The summed E-state index contributed by atoms with van der Waals surface area (Å²) in [5, 5.41) is 9.49. The van der Waals surface area contributed by atoms with Crippen LogP contribution in [-0.4, -0.2) is 21.0 Å². The summed E-state index contributed by atoms with van der Waals surface area (Å²) in [6.07, 6.45) is 1.35. The van der Waals surface area contributed by atoms with E-state index in [0.717, 1.165) is 5.75 Å². The number of hydrogen-bond donors (Lipinski definition) is 0. The molecule has 1 atom stereocenters. The van der Waals surface area contributed by atoms with E-state index in [-0.39, 0.29) is 0 Å². The predicted molar refractivity (Wildman–Crippen MR) is 73.2 cm³/mol. The standard InChI is InChI=1S/C14H19NO2Si/c1-16-13-6-5-11-8-14(10-15,9-12(11)7-13)17-18(2,3)4/h5-7H,8-9H2,1-4H3/q-1. The molecule has 3 nitrogen and oxygen atoms in total. The van der Waals surface area contributed by atoms with Crippen molar-refractivity contribution >= 4 is 8.32 Å². The topological polar surface area (TPSA) is 42.2 Å². The van der Waals surface area contributed by atoms with Crippen LogP contribution in [-0.2, 0) is 17.3 Å². The van der Waals surface area contributed by atoms with Gasteiger partial charge in [0.15, 0.2) is 0 Å². The molecule has 0 spiro atoms. The fraction of sp³-hybridized carbons (Fsp3) is 0.500. The van der Waals surface area contributed by atoms with Gasteiger partial charge in [-0.1, -0.05) is 6.07 Å². The van der Waals surface area contributed by atoms with Crippen LogP contribution in [0.25, 0.3) is 0 Å². The van der Waals surface area contributed by atoms with E-state index in [0.29, 0.717) is 12.8 Å². The minimum Gasteiger partial charge on any atom is -0.549 e. The Bertz CT molecular complexity index is 501. The Morgan fingerprint density at radius 3 is 2.44 bits per heavy atom. The van der Waals surface area contributed by atoms with Crippen molar-refractivity contribution in [3.8, 4) is 11.8 Å². The maximum absolute atomic E-state index is 9.49. The molecule has 1 aromatic carbocycles. The number of ether oxygens (including phenoxy) is 1. The van der Waals surface area contributed by atoms with E-state index in [9.17, 15) is 5.26 Å². The van der Waals surface area contributed by atoms with Crippen molar-refractivity contribution in [1.29, 1.82) is 5.26 Å². The zero-order valence-electron chi connectivity index (χ0n) is 11.4. The predicted octanol–water partition coefficient (Wildman–Crippen LogP) is 2.91. The van der Waals surface area contributed by atoms with Crippen LogP contribution < -0.4 is 4.74 Å². The Kier molecular flexibility index (Phi) is 3.22. The first kappa shape index (κ1) is 13.1. The van der Waals surface area contributed by atoms with E-state index in [2.05, 4.69) is 25.7 Å². The third-order valence-electron chi connectivity index (χ3n) is 3.07. The van der Waals surface area contributed by atoms with E-state index in [1.54, 1.807) is 7.11 Å². The van der Waals surface area contributed by atoms with Gasteiger partial charge in [0.25, 0.3) is 0 Å². The summed E-state index contributed by atoms with van der Waals surface area (Å²) in [7, 11) is -0.0708. The molecule has 1 aromatic rings. The molecular formula is C14H19NO2Si-. The van der Waals surface area contributed by atoms with Gasteiger partial charge in [-0.25, -0.2) is 0 Å². The average Bonchev–Trinajstić information content (AvgIpc) is 2.63. The van der Waals surface area contributed by atoms with E-state index in [1.165, 1.54) is 11.1 Å². The Morgan fingerprint density at radius 2 is 1.89 bits per heavy atom. The lowest BCUT2D eigenvalue weighted by Gasteiger charge is -2.40. The zero-order chi connectivity index (χ0) is 13.4. The molecule has 0 amide bonds. The monoisotopic (exact) mass is 261 g/mol. The maximum atomic E-state index is 9.49. The van der Waals surface area contributed by atoms with E-state index >= 15 is 0 Å². The highest BCUT2D eigenvalue weighted by atomic mass is 28.4. The minimum absolute atomic E-state index is 0.667. The van der Waals surface area contributed by atoms with Crippen LogP contribution in [0.15, 0.2) is 18.2 Å². The summed E-state index contributed by atoms with van der Waals surface area (Å²) in [6.45, 7) is 6.36. The van der Waals surface area contributed by atoms with Crippen molar-refractivity contribution < 1.29 is 9.16 Å². The Hall–Kier alpha value is -1.31. The van der Waals surface area contributed by atoms with Gasteiger partial charge in [-0.05, 0) is 31.6 Å². The number of rotatable bonds is 3. The van der Waals surface area contributed by atoms with Crippen LogP contribution in [0.3, 0.4) is 0 Å². The van der Waals surface area contributed by atoms with Crippen molar-refractivity contribution in [3.63, 3.8) is 0 Å². The SMILES string of the molecule is COc1ccc2c(c1)CC(C#N)(O[Si-](C)(C)C)C2. The largest absolute Gasteiger partial charge is 0.549 e. The van der Waals surface area contributed by atoms with Gasteiger partial charge in [0.2, 0.25) is 0 Å². The summed E-state index contributed by atoms with van der Waals surface area (Å²) < 4.78 is 11.4. The average molecular weight is 261 g/mol. The Labute approximate surface area is 109 Å². The molecule has 0 bridgehead atoms.